The van der Waals surface area contributed by atoms with Gasteiger partial charge in [0.15, 0.2) is 0 Å². The Bertz CT molecular complexity index is 579. The molecule has 0 bridgehead atoms. The van der Waals surface area contributed by atoms with E-state index in [4.69, 9.17) is 10.00 Å². The fourth-order valence-corrected chi connectivity index (χ4v) is 2.82. The van der Waals surface area contributed by atoms with E-state index >= 15 is 0 Å². The van der Waals surface area contributed by atoms with E-state index in [-0.39, 0.29) is 31.3 Å². The van der Waals surface area contributed by atoms with Crippen LogP contribution in [-0.4, -0.2) is 30.4 Å². The number of methoxy groups -OCH3 is 1. The minimum atomic E-state index is -1.04. The standard InChI is InChI=1S/C16H18N2O3/c1-12(13-6-4-3-5-7-13)18-11-16(8-9-17,10-14(18)19)15(20)21-2/h3-7,12H,8,10-11H2,1-2H3/t12-,16+/m0/s1. The van der Waals surface area contributed by atoms with Crippen LogP contribution in [0.1, 0.15) is 31.4 Å². The van der Waals surface area contributed by atoms with E-state index in [0.717, 1.165) is 5.56 Å². The number of benzene rings is 1. The van der Waals surface area contributed by atoms with Gasteiger partial charge in [0, 0.05) is 13.0 Å². The van der Waals surface area contributed by atoms with Crippen LogP contribution in [0.5, 0.6) is 0 Å². The Hall–Kier alpha value is -2.35. The highest BCUT2D eigenvalue weighted by atomic mass is 16.5. The Morgan fingerprint density at radius 1 is 1.48 bits per heavy atom. The first-order valence-corrected chi connectivity index (χ1v) is 6.84. The van der Waals surface area contributed by atoms with Gasteiger partial charge in [-0.15, -0.1) is 0 Å². The lowest BCUT2D eigenvalue weighted by atomic mass is 9.84. The van der Waals surface area contributed by atoms with Gasteiger partial charge in [0.25, 0.3) is 0 Å². The van der Waals surface area contributed by atoms with Gasteiger partial charge >= 0.3 is 5.97 Å². The van der Waals surface area contributed by atoms with Crippen molar-refractivity contribution in [1.29, 1.82) is 5.26 Å². The predicted octanol–water partition coefficient (Wildman–Crippen LogP) is 2.05. The fraction of sp³-hybridized carbons (Fsp3) is 0.438. The van der Waals surface area contributed by atoms with E-state index in [1.54, 1.807) is 4.90 Å². The Morgan fingerprint density at radius 3 is 2.71 bits per heavy atom. The van der Waals surface area contributed by atoms with Crippen LogP contribution in [0, 0.1) is 16.7 Å². The number of likely N-dealkylation sites (tertiary alicyclic amines) is 1. The van der Waals surface area contributed by atoms with E-state index in [1.807, 2.05) is 43.3 Å². The minimum absolute atomic E-state index is 0.0105. The maximum absolute atomic E-state index is 12.3. The van der Waals surface area contributed by atoms with E-state index in [2.05, 4.69) is 0 Å². The van der Waals surface area contributed by atoms with Crippen molar-refractivity contribution in [3.05, 3.63) is 35.9 Å². The molecule has 0 spiro atoms. The SMILES string of the molecule is COC(=O)[C@]1(CC#N)CC(=O)N([C@@H](C)c2ccccc2)C1. The van der Waals surface area contributed by atoms with Crippen molar-refractivity contribution in [2.24, 2.45) is 5.41 Å². The average molecular weight is 286 g/mol. The topological polar surface area (TPSA) is 70.4 Å². The molecule has 21 heavy (non-hydrogen) atoms. The highest BCUT2D eigenvalue weighted by Crippen LogP contribution is 2.39. The summed E-state index contributed by atoms with van der Waals surface area (Å²) < 4.78 is 4.80. The second kappa shape index (κ2) is 5.96. The highest BCUT2D eigenvalue weighted by molar-refractivity contribution is 5.90. The Labute approximate surface area is 124 Å². The Morgan fingerprint density at radius 2 is 2.14 bits per heavy atom. The fourth-order valence-electron chi connectivity index (χ4n) is 2.82. The highest BCUT2D eigenvalue weighted by Gasteiger charge is 2.51. The molecule has 5 nitrogen and oxygen atoms in total. The summed E-state index contributed by atoms with van der Waals surface area (Å²) in [6.07, 6.45) is 0.0217. The molecule has 1 aromatic carbocycles. The largest absolute Gasteiger partial charge is 0.469 e. The molecule has 5 heteroatoms. The molecule has 2 rings (SSSR count). The molecule has 1 aromatic rings. The van der Waals surface area contributed by atoms with Crippen LogP contribution in [0.25, 0.3) is 0 Å². The number of esters is 1. The van der Waals surface area contributed by atoms with Crippen LogP contribution in [0.4, 0.5) is 0 Å². The number of nitriles is 1. The van der Waals surface area contributed by atoms with E-state index in [0.29, 0.717) is 0 Å². The molecule has 0 radical (unpaired) electrons. The smallest absolute Gasteiger partial charge is 0.315 e. The monoisotopic (exact) mass is 286 g/mol. The molecule has 0 aliphatic carbocycles. The number of hydrogen-bond acceptors (Lipinski definition) is 4. The van der Waals surface area contributed by atoms with Crippen LogP contribution < -0.4 is 0 Å². The molecule has 1 aliphatic heterocycles. The van der Waals surface area contributed by atoms with Crippen molar-refractivity contribution in [3.8, 4) is 6.07 Å². The molecule has 0 aromatic heterocycles. The van der Waals surface area contributed by atoms with Crippen molar-refractivity contribution in [3.63, 3.8) is 0 Å². The maximum Gasteiger partial charge on any atom is 0.315 e. The lowest BCUT2D eigenvalue weighted by molar-refractivity contribution is -0.152. The predicted molar refractivity (Wildman–Crippen MR) is 75.9 cm³/mol. The van der Waals surface area contributed by atoms with E-state index < -0.39 is 11.4 Å². The lowest BCUT2D eigenvalue weighted by Gasteiger charge is -2.28. The molecule has 1 heterocycles. The normalized spacial score (nSPS) is 22.7. The number of nitrogens with zero attached hydrogens (tertiary/aromatic N) is 2. The van der Waals surface area contributed by atoms with Crippen LogP contribution in [0.15, 0.2) is 30.3 Å². The van der Waals surface area contributed by atoms with Gasteiger partial charge in [0.1, 0.15) is 5.41 Å². The summed E-state index contributed by atoms with van der Waals surface area (Å²) in [6.45, 7) is 2.15. The summed E-state index contributed by atoms with van der Waals surface area (Å²) in [4.78, 5) is 26.0. The first-order chi connectivity index (χ1) is 10.0. The molecule has 110 valence electrons. The zero-order chi connectivity index (χ0) is 15.5. The molecule has 2 atom stereocenters. The molecule has 0 saturated carbocycles. The summed E-state index contributed by atoms with van der Waals surface area (Å²) >= 11 is 0. The van der Waals surface area contributed by atoms with Crippen molar-refractivity contribution in [2.45, 2.75) is 25.8 Å². The first kappa shape index (κ1) is 15.0. The van der Waals surface area contributed by atoms with E-state index in [1.165, 1.54) is 7.11 Å². The maximum atomic E-state index is 12.3. The van der Waals surface area contributed by atoms with Crippen LogP contribution >= 0.6 is 0 Å². The number of amides is 1. The van der Waals surface area contributed by atoms with Gasteiger partial charge in [-0.05, 0) is 12.5 Å². The minimum Gasteiger partial charge on any atom is -0.469 e. The molecule has 0 unspecified atom stereocenters. The molecule has 0 N–H and O–H groups in total. The van der Waals surface area contributed by atoms with Crippen molar-refractivity contribution < 1.29 is 14.3 Å². The van der Waals surface area contributed by atoms with E-state index in [9.17, 15) is 9.59 Å². The second-order valence-corrected chi connectivity index (χ2v) is 5.39. The molecule has 1 saturated heterocycles. The summed E-state index contributed by atoms with van der Waals surface area (Å²) in [5.74, 6) is -0.604. The third-order valence-electron chi connectivity index (χ3n) is 4.07. The number of ether oxygens (including phenoxy) is 1. The summed E-state index contributed by atoms with van der Waals surface area (Å²) in [7, 11) is 1.29. The molecule has 1 amide bonds. The third-order valence-corrected chi connectivity index (χ3v) is 4.07. The van der Waals surface area contributed by atoms with Gasteiger partial charge in [-0.25, -0.2) is 0 Å². The van der Waals surface area contributed by atoms with Crippen LogP contribution in [-0.2, 0) is 14.3 Å². The van der Waals surface area contributed by atoms with Crippen LogP contribution in [0.2, 0.25) is 0 Å². The molecular weight excluding hydrogens is 268 g/mol. The molecule has 1 fully saturated rings. The Balaban J connectivity index is 2.26. The van der Waals surface area contributed by atoms with Gasteiger partial charge in [-0.3, -0.25) is 9.59 Å². The molecule has 1 aliphatic rings. The number of rotatable bonds is 4. The van der Waals surface area contributed by atoms with Gasteiger partial charge in [-0.1, -0.05) is 30.3 Å². The van der Waals surface area contributed by atoms with Crippen molar-refractivity contribution in [2.75, 3.05) is 13.7 Å². The first-order valence-electron chi connectivity index (χ1n) is 6.84. The number of carbonyl (C=O) groups is 2. The van der Waals surface area contributed by atoms with Gasteiger partial charge in [-0.2, -0.15) is 5.26 Å². The van der Waals surface area contributed by atoms with Crippen molar-refractivity contribution >= 4 is 11.9 Å². The third kappa shape index (κ3) is 2.75. The number of carbonyl (C=O) groups excluding carboxylic acids is 2. The average Bonchev–Trinajstić information content (AvgIpc) is 2.85. The number of hydrogen-bond donors (Lipinski definition) is 0. The van der Waals surface area contributed by atoms with Crippen LogP contribution in [0.3, 0.4) is 0 Å². The van der Waals surface area contributed by atoms with Gasteiger partial charge < -0.3 is 9.64 Å². The molecular formula is C16H18N2O3. The summed E-state index contributed by atoms with van der Waals surface area (Å²) in [6, 6.07) is 11.5. The van der Waals surface area contributed by atoms with Gasteiger partial charge in [0.2, 0.25) is 5.91 Å². The zero-order valence-corrected chi connectivity index (χ0v) is 12.2. The Kier molecular flexibility index (Phi) is 4.27. The van der Waals surface area contributed by atoms with Crippen molar-refractivity contribution in [1.82, 2.24) is 4.90 Å². The zero-order valence-electron chi connectivity index (χ0n) is 12.2. The quantitative estimate of drug-likeness (QED) is 0.794. The summed E-state index contributed by atoms with van der Waals surface area (Å²) in [5, 5.41) is 8.98. The second-order valence-electron chi connectivity index (χ2n) is 5.39. The van der Waals surface area contributed by atoms with Gasteiger partial charge in [0.05, 0.1) is 25.6 Å². The summed E-state index contributed by atoms with van der Waals surface area (Å²) in [5.41, 5.74) is -0.0349. The lowest BCUT2D eigenvalue weighted by Crippen LogP contribution is -2.36.